The van der Waals surface area contributed by atoms with Gasteiger partial charge in [0.25, 0.3) is 5.91 Å². The number of carbonyl (C=O) groups excluding carboxylic acids is 2. The van der Waals surface area contributed by atoms with Gasteiger partial charge in [-0.25, -0.2) is 0 Å². The molecule has 6 nitrogen and oxygen atoms in total. The van der Waals surface area contributed by atoms with Crippen LogP contribution in [0.5, 0.6) is 5.75 Å². The Kier molecular flexibility index (Phi) is 4.46. The Morgan fingerprint density at radius 2 is 2.00 bits per heavy atom. The van der Waals surface area contributed by atoms with Crippen molar-refractivity contribution in [2.24, 2.45) is 0 Å². The maximum Gasteiger partial charge on any atom is 0.268 e. The molecule has 0 unspecified atom stereocenters. The molecule has 1 aromatic heterocycles. The summed E-state index contributed by atoms with van der Waals surface area (Å²) < 4.78 is 5.58. The van der Waals surface area contributed by atoms with Crippen LogP contribution in [0.1, 0.15) is 25.5 Å². The number of rotatable bonds is 4. The van der Waals surface area contributed by atoms with E-state index in [9.17, 15) is 9.59 Å². The number of hydrogen-bond donors (Lipinski definition) is 1. The van der Waals surface area contributed by atoms with E-state index >= 15 is 0 Å². The first-order valence-corrected chi connectivity index (χ1v) is 7.82. The SMILES string of the molecule is C[C@@H]1Oc2ccccc2N(CC(=O)N[C@H](C)c2ccncc2)C1=O. The molecule has 0 saturated heterocycles. The standard InChI is InChI=1S/C18H19N3O3/c1-12(14-7-9-19-10-8-14)20-17(22)11-21-15-5-3-4-6-16(15)24-13(2)18(21)23/h3-10,12-13H,11H2,1-2H3,(H,20,22)/t12-,13+/m1/s1. The first-order chi connectivity index (χ1) is 11.6. The molecule has 2 amide bonds. The summed E-state index contributed by atoms with van der Waals surface area (Å²) in [5, 5.41) is 2.91. The Bertz CT molecular complexity index is 748. The van der Waals surface area contributed by atoms with Crippen molar-refractivity contribution < 1.29 is 14.3 Å². The van der Waals surface area contributed by atoms with Crippen LogP contribution >= 0.6 is 0 Å². The van der Waals surface area contributed by atoms with Crippen LogP contribution < -0.4 is 15.0 Å². The highest BCUT2D eigenvalue weighted by Crippen LogP contribution is 2.33. The fourth-order valence-electron chi connectivity index (χ4n) is 2.69. The van der Waals surface area contributed by atoms with Gasteiger partial charge in [0.05, 0.1) is 11.7 Å². The summed E-state index contributed by atoms with van der Waals surface area (Å²) in [5.41, 5.74) is 1.58. The van der Waals surface area contributed by atoms with E-state index < -0.39 is 6.10 Å². The van der Waals surface area contributed by atoms with Crippen LogP contribution in [0.4, 0.5) is 5.69 Å². The summed E-state index contributed by atoms with van der Waals surface area (Å²) in [5.74, 6) is 0.163. The number of pyridine rings is 1. The molecule has 2 atom stereocenters. The molecule has 0 spiro atoms. The first kappa shape index (κ1) is 16.0. The van der Waals surface area contributed by atoms with Gasteiger partial charge in [-0.05, 0) is 43.7 Å². The van der Waals surface area contributed by atoms with Crippen molar-refractivity contribution >= 4 is 17.5 Å². The number of anilines is 1. The Labute approximate surface area is 140 Å². The van der Waals surface area contributed by atoms with E-state index in [4.69, 9.17) is 4.74 Å². The molecule has 0 saturated carbocycles. The molecule has 3 rings (SSSR count). The number of aromatic nitrogens is 1. The molecule has 0 fully saturated rings. The Balaban J connectivity index is 1.73. The number of benzene rings is 1. The maximum atomic E-state index is 12.4. The van der Waals surface area contributed by atoms with Crippen molar-refractivity contribution in [2.75, 3.05) is 11.4 Å². The molecule has 2 aromatic rings. The van der Waals surface area contributed by atoms with E-state index in [-0.39, 0.29) is 24.4 Å². The Hall–Kier alpha value is -2.89. The summed E-state index contributed by atoms with van der Waals surface area (Å²) in [6.07, 6.45) is 2.76. The van der Waals surface area contributed by atoms with Gasteiger partial charge >= 0.3 is 0 Å². The lowest BCUT2D eigenvalue weighted by Gasteiger charge is -2.32. The number of hydrogen-bond acceptors (Lipinski definition) is 4. The molecule has 1 aliphatic heterocycles. The highest BCUT2D eigenvalue weighted by molar-refractivity contribution is 6.03. The summed E-state index contributed by atoms with van der Waals surface area (Å²) in [6.45, 7) is 3.53. The third kappa shape index (κ3) is 3.22. The third-order valence-corrected chi connectivity index (χ3v) is 3.96. The van der Waals surface area contributed by atoms with Crippen LogP contribution in [-0.4, -0.2) is 29.4 Å². The lowest BCUT2D eigenvalue weighted by Crippen LogP contribution is -2.49. The van der Waals surface area contributed by atoms with Gasteiger partial charge in [0.2, 0.25) is 5.91 Å². The zero-order valence-corrected chi connectivity index (χ0v) is 13.6. The number of nitrogens with zero attached hydrogens (tertiary/aromatic N) is 2. The van der Waals surface area contributed by atoms with Crippen molar-refractivity contribution in [3.05, 3.63) is 54.4 Å². The van der Waals surface area contributed by atoms with Gasteiger partial charge < -0.3 is 10.1 Å². The lowest BCUT2D eigenvalue weighted by atomic mass is 10.1. The second-order valence-electron chi connectivity index (χ2n) is 5.72. The molecule has 2 heterocycles. The zero-order chi connectivity index (χ0) is 17.1. The van der Waals surface area contributed by atoms with Gasteiger partial charge in [0.15, 0.2) is 6.10 Å². The fourth-order valence-corrected chi connectivity index (χ4v) is 2.69. The van der Waals surface area contributed by atoms with Crippen molar-refractivity contribution in [3.63, 3.8) is 0 Å². The van der Waals surface area contributed by atoms with Crippen molar-refractivity contribution in [1.82, 2.24) is 10.3 Å². The van der Waals surface area contributed by atoms with E-state index in [1.165, 1.54) is 4.90 Å². The molecule has 0 aliphatic carbocycles. The van der Waals surface area contributed by atoms with Crippen LogP contribution in [-0.2, 0) is 9.59 Å². The van der Waals surface area contributed by atoms with Crippen LogP contribution in [0.15, 0.2) is 48.8 Å². The van der Waals surface area contributed by atoms with Crippen LogP contribution in [0.25, 0.3) is 0 Å². The average Bonchev–Trinajstić information content (AvgIpc) is 2.59. The summed E-state index contributed by atoms with van der Waals surface area (Å²) in [4.78, 5) is 30.2. The number of amides is 2. The predicted octanol–water partition coefficient (Wildman–Crippen LogP) is 2.07. The quantitative estimate of drug-likeness (QED) is 0.934. The summed E-state index contributed by atoms with van der Waals surface area (Å²) in [7, 11) is 0. The topological polar surface area (TPSA) is 71.5 Å². The van der Waals surface area contributed by atoms with Gasteiger partial charge in [-0.2, -0.15) is 0 Å². The minimum atomic E-state index is -0.606. The maximum absolute atomic E-state index is 12.4. The molecule has 0 bridgehead atoms. The van der Waals surface area contributed by atoms with E-state index in [0.717, 1.165) is 5.56 Å². The Morgan fingerprint density at radius 1 is 1.29 bits per heavy atom. The highest BCUT2D eigenvalue weighted by atomic mass is 16.5. The van der Waals surface area contributed by atoms with Crippen molar-refractivity contribution in [1.29, 1.82) is 0 Å². The monoisotopic (exact) mass is 325 g/mol. The zero-order valence-electron chi connectivity index (χ0n) is 13.6. The molecule has 6 heteroatoms. The number of fused-ring (bicyclic) bond motifs is 1. The minimum Gasteiger partial charge on any atom is -0.479 e. The molecule has 24 heavy (non-hydrogen) atoms. The minimum absolute atomic E-state index is 0.0427. The fraction of sp³-hybridized carbons (Fsp3) is 0.278. The lowest BCUT2D eigenvalue weighted by molar-refractivity contribution is -0.128. The number of ether oxygens (including phenoxy) is 1. The molecule has 1 aliphatic rings. The summed E-state index contributed by atoms with van der Waals surface area (Å²) in [6, 6.07) is 10.8. The predicted molar refractivity (Wildman–Crippen MR) is 89.7 cm³/mol. The van der Waals surface area contributed by atoms with E-state index in [1.54, 1.807) is 31.5 Å². The van der Waals surface area contributed by atoms with Gasteiger partial charge in [0.1, 0.15) is 12.3 Å². The molecule has 0 radical (unpaired) electrons. The van der Waals surface area contributed by atoms with Gasteiger partial charge in [-0.1, -0.05) is 12.1 Å². The molecule has 1 N–H and O–H groups in total. The van der Waals surface area contributed by atoms with Crippen molar-refractivity contribution in [3.8, 4) is 5.75 Å². The number of nitrogens with one attached hydrogen (secondary N) is 1. The van der Waals surface area contributed by atoms with Gasteiger partial charge in [-0.15, -0.1) is 0 Å². The van der Waals surface area contributed by atoms with E-state index in [2.05, 4.69) is 10.3 Å². The molecular formula is C18H19N3O3. The van der Waals surface area contributed by atoms with Gasteiger partial charge in [0, 0.05) is 12.4 Å². The van der Waals surface area contributed by atoms with Gasteiger partial charge in [-0.3, -0.25) is 19.5 Å². The Morgan fingerprint density at radius 3 is 2.75 bits per heavy atom. The van der Waals surface area contributed by atoms with Crippen molar-refractivity contribution in [2.45, 2.75) is 26.0 Å². The highest BCUT2D eigenvalue weighted by Gasteiger charge is 2.32. The smallest absolute Gasteiger partial charge is 0.268 e. The normalized spacial score (nSPS) is 17.7. The van der Waals surface area contributed by atoms with Crippen LogP contribution in [0, 0.1) is 0 Å². The first-order valence-electron chi connectivity index (χ1n) is 7.82. The third-order valence-electron chi connectivity index (χ3n) is 3.96. The average molecular weight is 325 g/mol. The van der Waals surface area contributed by atoms with E-state index in [0.29, 0.717) is 11.4 Å². The van der Waals surface area contributed by atoms with E-state index in [1.807, 2.05) is 31.2 Å². The largest absolute Gasteiger partial charge is 0.479 e. The molecule has 1 aromatic carbocycles. The number of carbonyl (C=O) groups is 2. The summed E-state index contributed by atoms with van der Waals surface area (Å²) >= 11 is 0. The molecular weight excluding hydrogens is 306 g/mol. The van der Waals surface area contributed by atoms with Crippen LogP contribution in [0.3, 0.4) is 0 Å². The second kappa shape index (κ2) is 6.70. The molecule has 124 valence electrons. The van der Waals surface area contributed by atoms with Crippen LogP contribution in [0.2, 0.25) is 0 Å². The second-order valence-corrected chi connectivity index (χ2v) is 5.72. The number of para-hydroxylation sites is 2.